The molecule has 2 aromatic rings. The van der Waals surface area contributed by atoms with E-state index in [0.717, 1.165) is 25.1 Å². The van der Waals surface area contributed by atoms with Gasteiger partial charge in [0.1, 0.15) is 5.82 Å². The van der Waals surface area contributed by atoms with Crippen molar-refractivity contribution in [3.63, 3.8) is 0 Å². The van der Waals surface area contributed by atoms with Crippen LogP contribution >= 0.6 is 11.3 Å². The molecule has 1 heterocycles. The highest BCUT2D eigenvalue weighted by atomic mass is 32.1. The van der Waals surface area contributed by atoms with Crippen LogP contribution in [0.3, 0.4) is 0 Å². The summed E-state index contributed by atoms with van der Waals surface area (Å²) < 4.78 is 14.0. The van der Waals surface area contributed by atoms with E-state index in [2.05, 4.69) is 36.0 Å². The Bertz CT molecular complexity index is 507. The van der Waals surface area contributed by atoms with Crippen LogP contribution in [0.4, 0.5) is 4.39 Å². The van der Waals surface area contributed by atoms with Gasteiger partial charge in [-0.3, -0.25) is 0 Å². The molecule has 1 unspecified atom stereocenters. The van der Waals surface area contributed by atoms with Gasteiger partial charge in [-0.2, -0.15) is 11.3 Å². The van der Waals surface area contributed by atoms with Crippen molar-refractivity contribution in [2.24, 2.45) is 5.92 Å². The lowest BCUT2D eigenvalue weighted by molar-refractivity contribution is 0.499. The van der Waals surface area contributed by atoms with Crippen molar-refractivity contribution in [2.75, 3.05) is 13.1 Å². The summed E-state index contributed by atoms with van der Waals surface area (Å²) in [6, 6.07) is 9.26. The van der Waals surface area contributed by atoms with Crippen LogP contribution in [-0.2, 0) is 6.42 Å². The van der Waals surface area contributed by atoms with Gasteiger partial charge in [0.05, 0.1) is 0 Å². The SMILES string of the molecule is CC(C)CNCC(Cc1ccsc1)c1ccccc1F. The first-order valence-corrected chi connectivity index (χ1v) is 8.07. The van der Waals surface area contributed by atoms with E-state index in [1.165, 1.54) is 5.56 Å². The molecular weight excluding hydrogens is 269 g/mol. The largest absolute Gasteiger partial charge is 0.316 e. The normalized spacial score (nSPS) is 12.8. The monoisotopic (exact) mass is 291 g/mol. The Labute approximate surface area is 124 Å². The molecule has 1 N–H and O–H groups in total. The van der Waals surface area contributed by atoms with E-state index in [1.807, 2.05) is 12.1 Å². The van der Waals surface area contributed by atoms with Crippen molar-refractivity contribution >= 4 is 11.3 Å². The van der Waals surface area contributed by atoms with Gasteiger partial charge < -0.3 is 5.32 Å². The maximum atomic E-state index is 14.0. The molecule has 2 rings (SSSR count). The van der Waals surface area contributed by atoms with Crippen molar-refractivity contribution in [2.45, 2.75) is 26.2 Å². The average Bonchev–Trinajstić information content (AvgIpc) is 2.91. The number of benzene rings is 1. The smallest absolute Gasteiger partial charge is 0.126 e. The zero-order valence-electron chi connectivity index (χ0n) is 12.1. The minimum absolute atomic E-state index is 0.0981. The fourth-order valence-corrected chi connectivity index (χ4v) is 3.02. The Morgan fingerprint density at radius 1 is 1.15 bits per heavy atom. The third kappa shape index (κ3) is 4.43. The molecule has 1 atom stereocenters. The van der Waals surface area contributed by atoms with Gasteiger partial charge in [0.25, 0.3) is 0 Å². The van der Waals surface area contributed by atoms with Gasteiger partial charge in [0.15, 0.2) is 0 Å². The van der Waals surface area contributed by atoms with Gasteiger partial charge in [-0.1, -0.05) is 32.0 Å². The van der Waals surface area contributed by atoms with E-state index in [0.29, 0.717) is 5.92 Å². The number of thiophene rings is 1. The van der Waals surface area contributed by atoms with Gasteiger partial charge in [0, 0.05) is 12.5 Å². The van der Waals surface area contributed by atoms with E-state index in [-0.39, 0.29) is 11.7 Å². The van der Waals surface area contributed by atoms with E-state index in [4.69, 9.17) is 0 Å². The first-order chi connectivity index (χ1) is 9.66. The molecule has 0 aliphatic heterocycles. The molecule has 0 saturated heterocycles. The van der Waals surface area contributed by atoms with Gasteiger partial charge in [-0.05, 0) is 52.9 Å². The second-order valence-corrected chi connectivity index (χ2v) is 6.39. The molecule has 0 bridgehead atoms. The van der Waals surface area contributed by atoms with E-state index in [9.17, 15) is 4.39 Å². The molecule has 0 spiro atoms. The van der Waals surface area contributed by atoms with Crippen molar-refractivity contribution < 1.29 is 4.39 Å². The highest BCUT2D eigenvalue weighted by Gasteiger charge is 2.16. The zero-order valence-corrected chi connectivity index (χ0v) is 12.9. The van der Waals surface area contributed by atoms with E-state index < -0.39 is 0 Å². The Balaban J connectivity index is 2.09. The van der Waals surface area contributed by atoms with Gasteiger partial charge >= 0.3 is 0 Å². The van der Waals surface area contributed by atoms with Crippen LogP contribution in [-0.4, -0.2) is 13.1 Å². The number of hydrogen-bond acceptors (Lipinski definition) is 2. The molecule has 0 saturated carbocycles. The number of halogens is 1. The van der Waals surface area contributed by atoms with Crippen LogP contribution in [0.5, 0.6) is 0 Å². The van der Waals surface area contributed by atoms with Crippen LogP contribution in [0.15, 0.2) is 41.1 Å². The molecule has 0 fully saturated rings. The summed E-state index contributed by atoms with van der Waals surface area (Å²) in [6.45, 7) is 6.15. The fraction of sp³-hybridized carbons (Fsp3) is 0.412. The van der Waals surface area contributed by atoms with Gasteiger partial charge in [-0.15, -0.1) is 0 Å². The number of nitrogens with one attached hydrogen (secondary N) is 1. The van der Waals surface area contributed by atoms with E-state index >= 15 is 0 Å². The second-order valence-electron chi connectivity index (χ2n) is 5.61. The lowest BCUT2D eigenvalue weighted by Crippen LogP contribution is -2.27. The first-order valence-electron chi connectivity index (χ1n) is 7.13. The first kappa shape index (κ1) is 15.2. The van der Waals surface area contributed by atoms with Crippen molar-refractivity contribution in [3.8, 4) is 0 Å². The summed E-state index contributed by atoms with van der Waals surface area (Å²) in [5.41, 5.74) is 2.10. The van der Waals surface area contributed by atoms with Crippen molar-refractivity contribution in [3.05, 3.63) is 58.0 Å². The molecule has 108 valence electrons. The quantitative estimate of drug-likeness (QED) is 0.794. The van der Waals surface area contributed by atoms with Crippen LogP contribution < -0.4 is 5.32 Å². The highest BCUT2D eigenvalue weighted by molar-refractivity contribution is 7.07. The molecule has 20 heavy (non-hydrogen) atoms. The summed E-state index contributed by atoms with van der Waals surface area (Å²) in [4.78, 5) is 0. The Kier molecular flexibility index (Phi) is 5.74. The molecule has 1 nitrogen and oxygen atoms in total. The average molecular weight is 291 g/mol. The third-order valence-corrected chi connectivity index (χ3v) is 4.08. The molecular formula is C17H22FNS. The number of hydrogen-bond donors (Lipinski definition) is 1. The highest BCUT2D eigenvalue weighted by Crippen LogP contribution is 2.24. The predicted molar refractivity (Wildman–Crippen MR) is 84.9 cm³/mol. The molecule has 0 aliphatic carbocycles. The molecule has 0 aliphatic rings. The van der Waals surface area contributed by atoms with Crippen LogP contribution in [0.1, 0.15) is 30.9 Å². The zero-order chi connectivity index (χ0) is 14.4. The standard InChI is InChI=1S/C17H22FNS/c1-13(2)10-19-11-15(9-14-7-8-20-12-14)16-5-3-4-6-17(16)18/h3-8,12-13,15,19H,9-11H2,1-2H3. The predicted octanol–water partition coefficient (Wildman–Crippen LogP) is 4.46. The summed E-state index contributed by atoms with van der Waals surface area (Å²) >= 11 is 1.70. The van der Waals surface area contributed by atoms with Crippen LogP contribution in [0.2, 0.25) is 0 Å². The molecule has 0 radical (unpaired) electrons. The minimum Gasteiger partial charge on any atom is -0.316 e. The lowest BCUT2D eigenvalue weighted by atomic mass is 9.92. The van der Waals surface area contributed by atoms with Gasteiger partial charge in [0.2, 0.25) is 0 Å². The third-order valence-electron chi connectivity index (χ3n) is 3.35. The van der Waals surface area contributed by atoms with Crippen LogP contribution in [0.25, 0.3) is 0 Å². The second kappa shape index (κ2) is 7.55. The molecule has 0 amide bonds. The number of rotatable bonds is 7. The topological polar surface area (TPSA) is 12.0 Å². The minimum atomic E-state index is -0.0981. The summed E-state index contributed by atoms with van der Waals surface area (Å²) in [7, 11) is 0. The van der Waals surface area contributed by atoms with E-state index in [1.54, 1.807) is 23.5 Å². The molecule has 3 heteroatoms. The van der Waals surface area contributed by atoms with Crippen molar-refractivity contribution in [1.29, 1.82) is 0 Å². The Hall–Kier alpha value is -1.19. The summed E-state index contributed by atoms with van der Waals surface area (Å²) in [6.07, 6.45) is 0.884. The molecule has 1 aromatic carbocycles. The maximum absolute atomic E-state index is 14.0. The van der Waals surface area contributed by atoms with Crippen molar-refractivity contribution in [1.82, 2.24) is 5.32 Å². The maximum Gasteiger partial charge on any atom is 0.126 e. The van der Waals surface area contributed by atoms with Crippen LogP contribution in [0, 0.1) is 11.7 Å². The lowest BCUT2D eigenvalue weighted by Gasteiger charge is -2.19. The molecule has 1 aromatic heterocycles. The fourth-order valence-electron chi connectivity index (χ4n) is 2.34. The summed E-state index contributed by atoms with van der Waals surface area (Å²) in [5, 5.41) is 7.69. The Morgan fingerprint density at radius 3 is 2.60 bits per heavy atom. The van der Waals surface area contributed by atoms with Gasteiger partial charge in [-0.25, -0.2) is 4.39 Å². The Morgan fingerprint density at radius 2 is 1.95 bits per heavy atom. The summed E-state index contributed by atoms with van der Waals surface area (Å²) in [5.74, 6) is 0.695.